The summed E-state index contributed by atoms with van der Waals surface area (Å²) in [4.78, 5) is 48.8. The summed E-state index contributed by atoms with van der Waals surface area (Å²) in [6.45, 7) is 3.84. The number of nitro groups is 1. The van der Waals surface area contributed by atoms with Crippen LogP contribution in [-0.2, 0) is 15.6 Å². The molecule has 2 aromatic rings. The third-order valence-electron chi connectivity index (χ3n) is 3.67. The number of hydrogen-bond acceptors (Lipinski definition) is 7. The first-order valence-corrected chi connectivity index (χ1v) is 8.56. The maximum absolute atomic E-state index is 11.6. The predicted molar refractivity (Wildman–Crippen MR) is 89.7 cm³/mol. The smallest absolute Gasteiger partial charge is 0.318 e. The van der Waals surface area contributed by atoms with Gasteiger partial charge in [-0.2, -0.15) is 0 Å². The van der Waals surface area contributed by atoms with Crippen LogP contribution >= 0.6 is 8.25 Å². The fraction of sp³-hybridized carbons (Fsp3) is 0.385. The van der Waals surface area contributed by atoms with Gasteiger partial charge in [0.1, 0.15) is 6.23 Å². The standard InChI is InChI=1S/C13H17N4O7P/c1-3-16(7(2)24-25(22)23)6-8-4-9(17(20)21)5-10-11(8)15-13(19)12(18)14-10/h4-5,7,25H,3,6H2,1-2H3,(H,14,18)(H,15,19)(H,22,23). The third-order valence-corrected chi connectivity index (χ3v) is 4.22. The number of nitrogens with one attached hydrogen (secondary N) is 2. The molecule has 1 aromatic heterocycles. The number of non-ortho nitro benzene ring substituents is 1. The second-order valence-corrected chi connectivity index (χ2v) is 6.01. The number of rotatable bonds is 7. The summed E-state index contributed by atoms with van der Waals surface area (Å²) in [5.74, 6) is 0. The maximum atomic E-state index is 11.6. The molecule has 1 heterocycles. The molecule has 0 radical (unpaired) electrons. The van der Waals surface area contributed by atoms with Crippen LogP contribution in [0.15, 0.2) is 21.7 Å². The molecular weight excluding hydrogens is 355 g/mol. The van der Waals surface area contributed by atoms with Crippen LogP contribution < -0.4 is 11.1 Å². The summed E-state index contributed by atoms with van der Waals surface area (Å²) in [6.07, 6.45) is -0.731. The molecule has 0 spiro atoms. The van der Waals surface area contributed by atoms with Crippen molar-refractivity contribution in [1.82, 2.24) is 14.9 Å². The van der Waals surface area contributed by atoms with Gasteiger partial charge in [-0.1, -0.05) is 6.92 Å². The lowest BCUT2D eigenvalue weighted by Gasteiger charge is -2.26. The Balaban J connectivity index is 2.56. The average Bonchev–Trinajstić information content (AvgIpc) is 2.52. The second kappa shape index (κ2) is 7.70. The predicted octanol–water partition coefficient (Wildman–Crippen LogP) is 0.691. The summed E-state index contributed by atoms with van der Waals surface area (Å²) >= 11 is 0. The Bertz CT molecular complexity index is 938. The number of fused-ring (bicyclic) bond motifs is 1. The first kappa shape index (κ1) is 19.0. The quantitative estimate of drug-likeness (QED) is 0.210. The fourth-order valence-electron chi connectivity index (χ4n) is 2.45. The van der Waals surface area contributed by atoms with E-state index in [1.165, 1.54) is 6.07 Å². The highest BCUT2D eigenvalue weighted by Crippen LogP contribution is 2.25. The number of benzene rings is 1. The van der Waals surface area contributed by atoms with Gasteiger partial charge in [-0.25, -0.2) is 0 Å². The molecular formula is C13H17N4O7P. The van der Waals surface area contributed by atoms with Gasteiger partial charge in [0.05, 0.1) is 16.0 Å². The highest BCUT2D eigenvalue weighted by atomic mass is 31.1. The van der Waals surface area contributed by atoms with E-state index in [2.05, 4.69) is 9.97 Å². The van der Waals surface area contributed by atoms with Crippen LogP contribution in [-0.4, -0.2) is 37.5 Å². The van der Waals surface area contributed by atoms with Crippen molar-refractivity contribution in [3.05, 3.63) is 48.5 Å². The number of H-pyrrole nitrogens is 2. The highest BCUT2D eigenvalue weighted by Gasteiger charge is 2.19. The Hall–Kier alpha value is -2.33. The van der Waals surface area contributed by atoms with Gasteiger partial charge in [0.2, 0.25) is 0 Å². The summed E-state index contributed by atoms with van der Waals surface area (Å²) in [7, 11) is -3.16. The van der Waals surface area contributed by atoms with Crippen molar-refractivity contribution >= 4 is 25.0 Å². The van der Waals surface area contributed by atoms with E-state index in [-0.39, 0.29) is 23.3 Å². The summed E-state index contributed by atoms with van der Waals surface area (Å²) in [6, 6.07) is 2.42. The molecule has 2 rings (SSSR count). The number of hydrogen-bond donors (Lipinski definition) is 3. The van der Waals surface area contributed by atoms with E-state index in [0.29, 0.717) is 12.1 Å². The van der Waals surface area contributed by atoms with Crippen LogP contribution in [0.25, 0.3) is 11.0 Å². The molecule has 1 aromatic carbocycles. The molecule has 11 nitrogen and oxygen atoms in total. The van der Waals surface area contributed by atoms with E-state index in [0.717, 1.165) is 6.07 Å². The van der Waals surface area contributed by atoms with E-state index >= 15 is 0 Å². The van der Waals surface area contributed by atoms with Crippen LogP contribution in [0.2, 0.25) is 0 Å². The van der Waals surface area contributed by atoms with Crippen molar-refractivity contribution < 1.29 is 18.9 Å². The molecule has 2 unspecified atom stereocenters. The molecule has 0 aliphatic rings. The fourth-order valence-corrected chi connectivity index (χ4v) is 2.89. The van der Waals surface area contributed by atoms with Crippen molar-refractivity contribution in [2.24, 2.45) is 0 Å². The Morgan fingerprint density at radius 2 is 2.00 bits per heavy atom. The van der Waals surface area contributed by atoms with Gasteiger partial charge in [0.15, 0.2) is 0 Å². The van der Waals surface area contributed by atoms with Crippen LogP contribution in [0.5, 0.6) is 0 Å². The third kappa shape index (κ3) is 4.40. The monoisotopic (exact) mass is 372 g/mol. The van der Waals surface area contributed by atoms with E-state index in [9.17, 15) is 24.3 Å². The zero-order chi connectivity index (χ0) is 18.7. The van der Waals surface area contributed by atoms with E-state index in [1.54, 1.807) is 18.7 Å². The summed E-state index contributed by atoms with van der Waals surface area (Å²) < 4.78 is 15.8. The minimum absolute atomic E-state index is 0.0903. The van der Waals surface area contributed by atoms with E-state index in [1.807, 2.05) is 0 Å². The van der Waals surface area contributed by atoms with Crippen molar-refractivity contribution in [3.8, 4) is 0 Å². The normalized spacial score (nSPS) is 13.9. The van der Waals surface area contributed by atoms with Crippen LogP contribution in [0.3, 0.4) is 0 Å². The molecule has 2 atom stereocenters. The lowest BCUT2D eigenvalue weighted by molar-refractivity contribution is -0.384. The lowest BCUT2D eigenvalue weighted by Crippen LogP contribution is -2.34. The van der Waals surface area contributed by atoms with Crippen molar-refractivity contribution in [2.75, 3.05) is 6.54 Å². The largest absolute Gasteiger partial charge is 0.326 e. The Kier molecular flexibility index (Phi) is 5.85. The van der Waals surface area contributed by atoms with E-state index in [4.69, 9.17) is 9.42 Å². The molecule has 25 heavy (non-hydrogen) atoms. The van der Waals surface area contributed by atoms with Gasteiger partial charge in [0, 0.05) is 18.7 Å². The minimum Gasteiger partial charge on any atom is -0.326 e. The van der Waals surface area contributed by atoms with Crippen molar-refractivity contribution in [3.63, 3.8) is 0 Å². The van der Waals surface area contributed by atoms with Crippen LogP contribution in [0.1, 0.15) is 19.4 Å². The van der Waals surface area contributed by atoms with Gasteiger partial charge in [-0.05, 0) is 19.0 Å². The van der Waals surface area contributed by atoms with Crippen molar-refractivity contribution in [2.45, 2.75) is 26.6 Å². The van der Waals surface area contributed by atoms with Crippen LogP contribution in [0.4, 0.5) is 5.69 Å². The SMILES string of the molecule is CCN(Cc1cc([N+](=O)[O-])cc2[nH]c(=O)c(=O)[nH]c12)C(C)O[PH](=O)O. The maximum Gasteiger partial charge on any atom is 0.318 e. The van der Waals surface area contributed by atoms with Gasteiger partial charge in [-0.15, -0.1) is 0 Å². The Morgan fingerprint density at radius 1 is 1.36 bits per heavy atom. The van der Waals surface area contributed by atoms with E-state index < -0.39 is 30.5 Å². The number of aromatic nitrogens is 2. The second-order valence-electron chi connectivity index (χ2n) is 5.24. The molecule has 0 bridgehead atoms. The molecule has 12 heteroatoms. The average molecular weight is 372 g/mol. The topological polar surface area (TPSA) is 159 Å². The van der Waals surface area contributed by atoms with Crippen LogP contribution in [0, 0.1) is 10.1 Å². The molecule has 0 saturated carbocycles. The number of nitrogens with zero attached hydrogens (tertiary/aromatic N) is 2. The Labute approximate surface area is 141 Å². The molecule has 0 fully saturated rings. The highest BCUT2D eigenvalue weighted by molar-refractivity contribution is 7.32. The minimum atomic E-state index is -3.16. The lowest BCUT2D eigenvalue weighted by atomic mass is 10.1. The molecule has 0 saturated heterocycles. The Morgan fingerprint density at radius 3 is 2.56 bits per heavy atom. The molecule has 3 N–H and O–H groups in total. The van der Waals surface area contributed by atoms with Gasteiger partial charge in [0.25, 0.3) is 5.69 Å². The molecule has 136 valence electrons. The number of nitro benzene ring substituents is 1. The zero-order valence-corrected chi connectivity index (χ0v) is 14.4. The summed E-state index contributed by atoms with van der Waals surface area (Å²) in [5.41, 5.74) is -1.32. The number of aromatic amines is 2. The first-order chi connectivity index (χ1) is 11.7. The van der Waals surface area contributed by atoms with Crippen molar-refractivity contribution in [1.29, 1.82) is 0 Å². The summed E-state index contributed by atoms with van der Waals surface area (Å²) in [5, 5.41) is 11.1. The molecule has 0 amide bonds. The van der Waals surface area contributed by atoms with Gasteiger partial charge >= 0.3 is 19.4 Å². The first-order valence-electron chi connectivity index (χ1n) is 7.30. The molecule has 0 aliphatic heterocycles. The molecule has 0 aliphatic carbocycles. The van der Waals surface area contributed by atoms with Gasteiger partial charge in [-0.3, -0.25) is 33.7 Å². The zero-order valence-electron chi connectivity index (χ0n) is 13.4. The van der Waals surface area contributed by atoms with Gasteiger partial charge < -0.3 is 14.9 Å².